The number of hydrogen-bond donors (Lipinski definition) is 1. The molecule has 3 heteroatoms. The molecule has 0 heterocycles. The van der Waals surface area contributed by atoms with E-state index in [1.54, 1.807) is 0 Å². The van der Waals surface area contributed by atoms with Crippen LogP contribution in [0.2, 0.25) is 0 Å². The van der Waals surface area contributed by atoms with E-state index in [4.69, 9.17) is 0 Å². The van der Waals surface area contributed by atoms with Crippen LogP contribution < -0.4 is 5.32 Å². The van der Waals surface area contributed by atoms with E-state index in [-0.39, 0.29) is 11.9 Å². The van der Waals surface area contributed by atoms with Crippen LogP contribution in [0.1, 0.15) is 46.0 Å². The van der Waals surface area contributed by atoms with Crippen LogP contribution in [0.25, 0.3) is 0 Å². The van der Waals surface area contributed by atoms with Gasteiger partial charge >= 0.3 is 0 Å². The minimum atomic E-state index is 0.265. The van der Waals surface area contributed by atoms with Crippen molar-refractivity contribution in [1.82, 2.24) is 5.32 Å². The SMILES string of the molecule is CC(C)C(CBr)NC(=O)CC1CC2CCC1C2. The Hall–Kier alpha value is -0.0500. The Morgan fingerprint density at radius 3 is 2.59 bits per heavy atom. The Labute approximate surface area is 113 Å². The Morgan fingerprint density at radius 2 is 2.12 bits per heavy atom. The van der Waals surface area contributed by atoms with E-state index in [1.165, 1.54) is 25.7 Å². The maximum atomic E-state index is 12.0. The largest absolute Gasteiger partial charge is 0.352 e. The van der Waals surface area contributed by atoms with Crippen LogP contribution in [0.4, 0.5) is 0 Å². The lowest BCUT2D eigenvalue weighted by molar-refractivity contribution is -0.123. The zero-order chi connectivity index (χ0) is 12.4. The summed E-state index contributed by atoms with van der Waals surface area (Å²) in [5.41, 5.74) is 0. The number of hydrogen-bond acceptors (Lipinski definition) is 1. The minimum Gasteiger partial charge on any atom is -0.352 e. The van der Waals surface area contributed by atoms with Crippen LogP contribution in [-0.2, 0) is 4.79 Å². The molecule has 1 amide bonds. The molecular weight excluding hydrogens is 278 g/mol. The van der Waals surface area contributed by atoms with Crippen LogP contribution in [0, 0.1) is 23.7 Å². The highest BCUT2D eigenvalue weighted by molar-refractivity contribution is 9.09. The number of amides is 1. The molecule has 0 radical (unpaired) electrons. The third kappa shape index (κ3) is 3.24. The van der Waals surface area contributed by atoms with Gasteiger partial charge in [-0.3, -0.25) is 4.79 Å². The average molecular weight is 302 g/mol. The summed E-state index contributed by atoms with van der Waals surface area (Å²) in [7, 11) is 0. The van der Waals surface area contributed by atoms with E-state index in [0.717, 1.165) is 23.6 Å². The van der Waals surface area contributed by atoms with Gasteiger partial charge in [-0.2, -0.15) is 0 Å². The average Bonchev–Trinajstić information content (AvgIpc) is 2.87. The first kappa shape index (κ1) is 13.4. The molecule has 2 aliphatic carbocycles. The zero-order valence-corrected chi connectivity index (χ0v) is 12.5. The summed E-state index contributed by atoms with van der Waals surface area (Å²) in [6.07, 6.45) is 6.24. The van der Waals surface area contributed by atoms with E-state index in [9.17, 15) is 4.79 Å². The molecule has 2 bridgehead atoms. The summed E-state index contributed by atoms with van der Waals surface area (Å²) in [5.74, 6) is 3.23. The van der Waals surface area contributed by atoms with Crippen molar-refractivity contribution in [2.45, 2.75) is 52.0 Å². The second-order valence-corrected chi connectivity index (χ2v) is 6.86. The van der Waals surface area contributed by atoms with Gasteiger partial charge in [0.1, 0.15) is 0 Å². The topological polar surface area (TPSA) is 29.1 Å². The summed E-state index contributed by atoms with van der Waals surface area (Å²) >= 11 is 3.48. The number of carbonyl (C=O) groups excluding carboxylic acids is 1. The number of carbonyl (C=O) groups is 1. The van der Waals surface area contributed by atoms with E-state index < -0.39 is 0 Å². The monoisotopic (exact) mass is 301 g/mol. The van der Waals surface area contributed by atoms with Crippen molar-refractivity contribution in [3.8, 4) is 0 Å². The van der Waals surface area contributed by atoms with Crippen molar-refractivity contribution in [1.29, 1.82) is 0 Å². The molecular formula is C14H24BrNO. The smallest absolute Gasteiger partial charge is 0.220 e. The lowest BCUT2D eigenvalue weighted by Gasteiger charge is -2.24. The van der Waals surface area contributed by atoms with Gasteiger partial charge in [0, 0.05) is 17.8 Å². The van der Waals surface area contributed by atoms with E-state index in [1.807, 2.05) is 0 Å². The second kappa shape index (κ2) is 5.73. The lowest BCUT2D eigenvalue weighted by atomic mass is 9.86. The molecule has 17 heavy (non-hydrogen) atoms. The quantitative estimate of drug-likeness (QED) is 0.775. The van der Waals surface area contributed by atoms with Gasteiger partial charge in [-0.1, -0.05) is 36.2 Å². The number of fused-ring (bicyclic) bond motifs is 2. The lowest BCUT2D eigenvalue weighted by Crippen LogP contribution is -2.40. The van der Waals surface area contributed by atoms with Gasteiger partial charge in [-0.15, -0.1) is 0 Å². The third-order valence-corrected chi connectivity index (χ3v) is 5.35. The normalized spacial score (nSPS) is 33.1. The van der Waals surface area contributed by atoms with Gasteiger partial charge < -0.3 is 5.32 Å². The highest BCUT2D eigenvalue weighted by Crippen LogP contribution is 2.49. The fraction of sp³-hybridized carbons (Fsp3) is 0.929. The van der Waals surface area contributed by atoms with Crippen molar-refractivity contribution in [3.63, 3.8) is 0 Å². The molecule has 2 aliphatic rings. The zero-order valence-electron chi connectivity index (χ0n) is 10.9. The molecule has 0 aromatic carbocycles. The van der Waals surface area contributed by atoms with E-state index >= 15 is 0 Å². The molecule has 2 rings (SSSR count). The van der Waals surface area contributed by atoms with E-state index in [0.29, 0.717) is 11.8 Å². The van der Waals surface area contributed by atoms with Crippen LogP contribution in [0.3, 0.4) is 0 Å². The van der Waals surface area contributed by atoms with Crippen LogP contribution in [0.15, 0.2) is 0 Å². The van der Waals surface area contributed by atoms with Crippen molar-refractivity contribution < 1.29 is 4.79 Å². The maximum Gasteiger partial charge on any atom is 0.220 e. The third-order valence-electron chi connectivity index (χ3n) is 4.65. The molecule has 2 fully saturated rings. The standard InChI is InChI=1S/C14H24BrNO/c1-9(2)13(8-15)16-14(17)7-12-6-10-3-4-11(12)5-10/h9-13H,3-8H2,1-2H3,(H,16,17). The molecule has 0 spiro atoms. The Morgan fingerprint density at radius 1 is 1.35 bits per heavy atom. The predicted octanol–water partition coefficient (Wildman–Crippen LogP) is 3.35. The maximum absolute atomic E-state index is 12.0. The molecule has 4 atom stereocenters. The highest BCUT2D eigenvalue weighted by atomic mass is 79.9. The Balaban J connectivity index is 1.77. The predicted molar refractivity (Wildman–Crippen MR) is 74.1 cm³/mol. The van der Waals surface area contributed by atoms with Gasteiger partial charge in [0.25, 0.3) is 0 Å². The summed E-state index contributed by atoms with van der Waals surface area (Å²) in [6, 6.07) is 0.279. The number of nitrogens with one attached hydrogen (secondary N) is 1. The molecule has 0 aliphatic heterocycles. The summed E-state index contributed by atoms with van der Waals surface area (Å²) in [5, 5.41) is 4.02. The van der Waals surface area contributed by atoms with Gasteiger partial charge in [-0.25, -0.2) is 0 Å². The fourth-order valence-corrected chi connectivity index (χ4v) is 4.42. The summed E-state index contributed by atoms with van der Waals surface area (Å²) < 4.78 is 0. The molecule has 98 valence electrons. The first-order valence-corrected chi connectivity index (χ1v) is 8.07. The minimum absolute atomic E-state index is 0.265. The number of rotatable bonds is 5. The van der Waals surface area contributed by atoms with Gasteiger partial charge in [0.05, 0.1) is 0 Å². The van der Waals surface area contributed by atoms with Gasteiger partial charge in [-0.05, 0) is 42.9 Å². The Bertz CT molecular complexity index is 279. The molecule has 2 saturated carbocycles. The first-order valence-electron chi connectivity index (χ1n) is 6.95. The summed E-state index contributed by atoms with van der Waals surface area (Å²) in [6.45, 7) is 4.31. The highest BCUT2D eigenvalue weighted by Gasteiger charge is 2.40. The summed E-state index contributed by atoms with van der Waals surface area (Å²) in [4.78, 5) is 12.0. The molecule has 0 saturated heterocycles. The Kier molecular flexibility index (Phi) is 4.51. The van der Waals surface area contributed by atoms with Crippen LogP contribution in [-0.4, -0.2) is 17.3 Å². The number of alkyl halides is 1. The van der Waals surface area contributed by atoms with Crippen molar-refractivity contribution in [3.05, 3.63) is 0 Å². The fourth-order valence-electron chi connectivity index (χ4n) is 3.51. The van der Waals surface area contributed by atoms with Gasteiger partial charge in [0.15, 0.2) is 0 Å². The van der Waals surface area contributed by atoms with E-state index in [2.05, 4.69) is 35.1 Å². The van der Waals surface area contributed by atoms with Crippen LogP contribution >= 0.6 is 15.9 Å². The molecule has 2 nitrogen and oxygen atoms in total. The van der Waals surface area contributed by atoms with Crippen molar-refractivity contribution >= 4 is 21.8 Å². The van der Waals surface area contributed by atoms with Crippen molar-refractivity contribution in [2.75, 3.05) is 5.33 Å². The number of halogens is 1. The van der Waals surface area contributed by atoms with Crippen molar-refractivity contribution in [2.24, 2.45) is 23.7 Å². The molecule has 0 aromatic rings. The first-order chi connectivity index (χ1) is 8.10. The van der Waals surface area contributed by atoms with Crippen LogP contribution in [0.5, 0.6) is 0 Å². The molecule has 1 N–H and O–H groups in total. The van der Waals surface area contributed by atoms with Gasteiger partial charge in [0.2, 0.25) is 5.91 Å². The molecule has 0 aromatic heterocycles. The second-order valence-electron chi connectivity index (χ2n) is 6.21. The molecule has 4 unspecified atom stereocenters.